The van der Waals surface area contributed by atoms with Gasteiger partial charge in [0.15, 0.2) is 0 Å². The summed E-state index contributed by atoms with van der Waals surface area (Å²) in [4.78, 5) is 18.1. The molecule has 0 bridgehead atoms. The van der Waals surface area contributed by atoms with Crippen LogP contribution >= 0.6 is 11.3 Å². The lowest BCUT2D eigenvalue weighted by Gasteiger charge is -2.14. The van der Waals surface area contributed by atoms with Crippen molar-refractivity contribution in [1.82, 2.24) is 19.9 Å². The van der Waals surface area contributed by atoms with Gasteiger partial charge in [-0.25, -0.2) is 9.97 Å². The van der Waals surface area contributed by atoms with Gasteiger partial charge in [0.25, 0.3) is 0 Å². The van der Waals surface area contributed by atoms with Crippen LogP contribution in [0.2, 0.25) is 0 Å². The van der Waals surface area contributed by atoms with Crippen LogP contribution in [0.25, 0.3) is 21.5 Å². The van der Waals surface area contributed by atoms with Crippen LogP contribution in [0, 0.1) is 6.92 Å². The molecule has 2 N–H and O–H groups in total. The van der Waals surface area contributed by atoms with Gasteiger partial charge in [0, 0.05) is 35.8 Å². The molecule has 0 aliphatic heterocycles. The van der Waals surface area contributed by atoms with E-state index in [2.05, 4.69) is 50.5 Å². The molecule has 0 saturated carbocycles. The topological polar surface area (TPSA) is 75.6 Å². The first-order chi connectivity index (χ1) is 13.6. The SMILES string of the molecule is CC[C@H](C)Nc1nc(Nc2ccc3sc(C)nc3c2)cc(-c2cccnc2)n1. The molecule has 0 saturated heterocycles. The second-order valence-electron chi connectivity index (χ2n) is 6.70. The summed E-state index contributed by atoms with van der Waals surface area (Å²) in [5.41, 5.74) is 3.71. The Labute approximate surface area is 168 Å². The van der Waals surface area contributed by atoms with Crippen molar-refractivity contribution in [3.05, 3.63) is 53.8 Å². The molecule has 3 heterocycles. The first-order valence-electron chi connectivity index (χ1n) is 9.31. The largest absolute Gasteiger partial charge is 0.352 e. The number of rotatable bonds is 6. The van der Waals surface area contributed by atoms with Crippen molar-refractivity contribution < 1.29 is 0 Å². The van der Waals surface area contributed by atoms with E-state index >= 15 is 0 Å². The Hall–Kier alpha value is -3.06. The predicted molar refractivity (Wildman–Crippen MR) is 116 cm³/mol. The van der Waals surface area contributed by atoms with Crippen LogP contribution in [0.4, 0.5) is 17.5 Å². The first kappa shape index (κ1) is 18.3. The summed E-state index contributed by atoms with van der Waals surface area (Å²) in [6.07, 6.45) is 4.56. The highest BCUT2D eigenvalue weighted by Crippen LogP contribution is 2.27. The van der Waals surface area contributed by atoms with Crippen LogP contribution in [0.15, 0.2) is 48.8 Å². The fourth-order valence-electron chi connectivity index (χ4n) is 2.83. The highest BCUT2D eigenvalue weighted by molar-refractivity contribution is 7.18. The Morgan fingerprint density at radius 2 is 2.00 bits per heavy atom. The van der Waals surface area contributed by atoms with Crippen LogP contribution in [-0.4, -0.2) is 26.0 Å². The fourth-order valence-corrected chi connectivity index (χ4v) is 3.64. The van der Waals surface area contributed by atoms with Gasteiger partial charge in [-0.05, 0) is 50.6 Å². The van der Waals surface area contributed by atoms with Crippen LogP contribution in [0.3, 0.4) is 0 Å². The van der Waals surface area contributed by atoms with Gasteiger partial charge in [0.1, 0.15) is 5.82 Å². The number of thiazole rings is 1. The third-order valence-corrected chi connectivity index (χ3v) is 5.39. The molecule has 1 aromatic carbocycles. The maximum atomic E-state index is 4.67. The number of aryl methyl sites for hydroxylation is 1. The molecule has 0 aliphatic carbocycles. The van der Waals surface area contributed by atoms with E-state index in [0.717, 1.165) is 39.7 Å². The van der Waals surface area contributed by atoms with Crippen LogP contribution in [0.1, 0.15) is 25.3 Å². The molecule has 0 unspecified atom stereocenters. The van der Waals surface area contributed by atoms with Crippen LogP contribution < -0.4 is 10.6 Å². The van der Waals surface area contributed by atoms with E-state index in [4.69, 9.17) is 0 Å². The van der Waals surface area contributed by atoms with Crippen molar-refractivity contribution in [2.75, 3.05) is 10.6 Å². The fraction of sp³-hybridized carbons (Fsp3) is 0.238. The minimum atomic E-state index is 0.284. The molecule has 4 aromatic rings. The van der Waals surface area contributed by atoms with Crippen molar-refractivity contribution >= 4 is 39.0 Å². The van der Waals surface area contributed by atoms with Gasteiger partial charge in [-0.1, -0.05) is 6.92 Å². The maximum absolute atomic E-state index is 4.67. The molecule has 28 heavy (non-hydrogen) atoms. The van der Waals surface area contributed by atoms with Crippen molar-refractivity contribution in [2.45, 2.75) is 33.2 Å². The zero-order valence-corrected chi connectivity index (χ0v) is 16.9. The molecule has 3 aromatic heterocycles. The molecule has 1 atom stereocenters. The molecule has 0 fully saturated rings. The Morgan fingerprint density at radius 3 is 2.79 bits per heavy atom. The second kappa shape index (κ2) is 7.90. The standard InChI is InChI=1S/C21H22N6S/c1-4-13(2)23-21-26-17(15-6-5-9-22-12-15)11-20(27-21)25-16-7-8-19-18(10-16)24-14(3)28-19/h5-13H,4H2,1-3H3,(H2,23,25,26,27)/t13-/m0/s1. The summed E-state index contributed by atoms with van der Waals surface area (Å²) in [6.45, 7) is 6.27. The summed E-state index contributed by atoms with van der Waals surface area (Å²) < 4.78 is 1.18. The summed E-state index contributed by atoms with van der Waals surface area (Å²) in [7, 11) is 0. The van der Waals surface area contributed by atoms with Gasteiger partial charge in [-0.15, -0.1) is 11.3 Å². The van der Waals surface area contributed by atoms with E-state index in [1.165, 1.54) is 4.70 Å². The number of nitrogens with zero attached hydrogens (tertiary/aromatic N) is 4. The third-order valence-electron chi connectivity index (χ3n) is 4.44. The summed E-state index contributed by atoms with van der Waals surface area (Å²) in [5, 5.41) is 7.83. The molecule has 0 aliphatic rings. The lowest BCUT2D eigenvalue weighted by atomic mass is 10.2. The smallest absolute Gasteiger partial charge is 0.225 e. The number of hydrogen-bond donors (Lipinski definition) is 2. The Morgan fingerprint density at radius 1 is 1.11 bits per heavy atom. The van der Waals surface area contributed by atoms with Crippen molar-refractivity contribution in [3.8, 4) is 11.3 Å². The molecule has 0 radical (unpaired) electrons. The van der Waals surface area contributed by atoms with Crippen LogP contribution in [-0.2, 0) is 0 Å². The molecule has 6 nitrogen and oxygen atoms in total. The van der Waals surface area contributed by atoms with Gasteiger partial charge in [-0.3, -0.25) is 4.98 Å². The van der Waals surface area contributed by atoms with E-state index < -0.39 is 0 Å². The molecular formula is C21H22N6S. The Bertz CT molecular complexity index is 1090. The van der Waals surface area contributed by atoms with E-state index in [-0.39, 0.29) is 6.04 Å². The molecule has 142 valence electrons. The minimum Gasteiger partial charge on any atom is -0.352 e. The lowest BCUT2D eigenvalue weighted by molar-refractivity contribution is 0.753. The highest BCUT2D eigenvalue weighted by atomic mass is 32.1. The van der Waals surface area contributed by atoms with Gasteiger partial charge in [0.2, 0.25) is 5.95 Å². The van der Waals surface area contributed by atoms with Crippen LogP contribution in [0.5, 0.6) is 0 Å². The summed E-state index contributed by atoms with van der Waals surface area (Å²) in [5.74, 6) is 1.33. The number of hydrogen-bond acceptors (Lipinski definition) is 7. The number of aromatic nitrogens is 4. The van der Waals surface area contributed by atoms with E-state index in [9.17, 15) is 0 Å². The van der Waals surface area contributed by atoms with E-state index in [1.807, 2.05) is 43.5 Å². The first-order valence-corrected chi connectivity index (χ1v) is 10.1. The van der Waals surface area contributed by atoms with Gasteiger partial charge >= 0.3 is 0 Å². The summed E-state index contributed by atoms with van der Waals surface area (Å²) in [6, 6.07) is 12.3. The molecular weight excluding hydrogens is 368 g/mol. The van der Waals surface area contributed by atoms with Crippen molar-refractivity contribution in [2.24, 2.45) is 0 Å². The highest BCUT2D eigenvalue weighted by Gasteiger charge is 2.10. The molecule has 0 amide bonds. The Kier molecular flexibility index (Phi) is 5.16. The van der Waals surface area contributed by atoms with Crippen molar-refractivity contribution in [1.29, 1.82) is 0 Å². The van der Waals surface area contributed by atoms with E-state index in [0.29, 0.717) is 5.95 Å². The number of nitrogens with one attached hydrogen (secondary N) is 2. The average Bonchev–Trinajstić information content (AvgIpc) is 3.07. The number of anilines is 3. The number of pyridine rings is 1. The van der Waals surface area contributed by atoms with Crippen molar-refractivity contribution in [3.63, 3.8) is 0 Å². The number of fused-ring (bicyclic) bond motifs is 1. The minimum absolute atomic E-state index is 0.284. The van der Waals surface area contributed by atoms with Gasteiger partial charge in [0.05, 0.1) is 20.9 Å². The molecule has 4 rings (SSSR count). The second-order valence-corrected chi connectivity index (χ2v) is 7.93. The van der Waals surface area contributed by atoms with Gasteiger partial charge in [-0.2, -0.15) is 4.98 Å². The Balaban J connectivity index is 1.70. The number of benzene rings is 1. The average molecular weight is 391 g/mol. The lowest BCUT2D eigenvalue weighted by Crippen LogP contribution is -2.16. The van der Waals surface area contributed by atoms with E-state index in [1.54, 1.807) is 17.5 Å². The summed E-state index contributed by atoms with van der Waals surface area (Å²) >= 11 is 1.70. The normalized spacial score (nSPS) is 12.1. The predicted octanol–water partition coefficient (Wildman–Crippen LogP) is 5.41. The molecule has 7 heteroatoms. The maximum Gasteiger partial charge on any atom is 0.225 e. The molecule has 0 spiro atoms. The van der Waals surface area contributed by atoms with Gasteiger partial charge < -0.3 is 10.6 Å². The quantitative estimate of drug-likeness (QED) is 0.458. The zero-order valence-electron chi connectivity index (χ0n) is 16.1. The zero-order chi connectivity index (χ0) is 19.5. The third kappa shape index (κ3) is 4.09. The monoisotopic (exact) mass is 390 g/mol.